The van der Waals surface area contributed by atoms with Crippen molar-refractivity contribution in [2.75, 3.05) is 35.2 Å². The van der Waals surface area contributed by atoms with E-state index in [0.29, 0.717) is 23.9 Å². The first kappa shape index (κ1) is 21.8. The number of halogens is 1. The molecule has 1 atom stereocenters. The van der Waals surface area contributed by atoms with Crippen molar-refractivity contribution in [3.8, 4) is 0 Å². The zero-order valence-corrected chi connectivity index (χ0v) is 18.8. The van der Waals surface area contributed by atoms with Gasteiger partial charge in [-0.05, 0) is 31.0 Å². The van der Waals surface area contributed by atoms with E-state index in [2.05, 4.69) is 31.5 Å². The lowest BCUT2D eigenvalue weighted by Gasteiger charge is -2.31. The van der Waals surface area contributed by atoms with E-state index in [1.54, 1.807) is 16.5 Å². The summed E-state index contributed by atoms with van der Waals surface area (Å²) in [6, 6.07) is 7.35. The van der Waals surface area contributed by atoms with Crippen molar-refractivity contribution >= 4 is 67.6 Å². The number of nitrogens with one attached hydrogen (secondary N) is 2. The van der Waals surface area contributed by atoms with Crippen LogP contribution in [0.5, 0.6) is 0 Å². The minimum absolute atomic E-state index is 0.0444. The Labute approximate surface area is 185 Å². The molecule has 1 aliphatic heterocycles. The van der Waals surface area contributed by atoms with E-state index in [1.807, 2.05) is 24.3 Å². The first-order chi connectivity index (χ1) is 14.0. The Kier molecular flexibility index (Phi) is 8.08. The average molecular weight is 497 g/mol. The van der Waals surface area contributed by atoms with Gasteiger partial charge in [0.05, 0.1) is 17.4 Å². The fourth-order valence-electron chi connectivity index (χ4n) is 3.00. The maximum Gasteiger partial charge on any atom is 0.234 e. The molecule has 1 aromatic heterocycles. The summed E-state index contributed by atoms with van der Waals surface area (Å²) in [6.07, 6.45) is 3.18. The molecule has 2 heterocycles. The van der Waals surface area contributed by atoms with Crippen LogP contribution in [0.15, 0.2) is 40.3 Å². The molecule has 7 nitrogen and oxygen atoms in total. The van der Waals surface area contributed by atoms with Gasteiger partial charge in [-0.2, -0.15) is 0 Å². The molecule has 1 aromatic carbocycles. The van der Waals surface area contributed by atoms with Crippen LogP contribution in [0, 0.1) is 5.92 Å². The van der Waals surface area contributed by atoms with E-state index in [9.17, 15) is 14.4 Å². The fourth-order valence-corrected chi connectivity index (χ4v) is 4.64. The van der Waals surface area contributed by atoms with Gasteiger partial charge in [-0.15, -0.1) is 23.1 Å². The molecule has 0 spiro atoms. The Morgan fingerprint density at radius 1 is 1.28 bits per heavy atom. The van der Waals surface area contributed by atoms with E-state index >= 15 is 0 Å². The maximum absolute atomic E-state index is 12.5. The predicted molar refractivity (Wildman–Crippen MR) is 120 cm³/mol. The van der Waals surface area contributed by atoms with Gasteiger partial charge < -0.3 is 15.5 Å². The van der Waals surface area contributed by atoms with Gasteiger partial charge in [-0.3, -0.25) is 14.4 Å². The van der Waals surface area contributed by atoms with Crippen LogP contribution in [0.2, 0.25) is 0 Å². The molecule has 10 heteroatoms. The lowest BCUT2D eigenvalue weighted by atomic mass is 9.97. The van der Waals surface area contributed by atoms with Gasteiger partial charge in [-0.25, -0.2) is 4.98 Å². The van der Waals surface area contributed by atoms with E-state index < -0.39 is 0 Å². The summed E-state index contributed by atoms with van der Waals surface area (Å²) in [4.78, 5) is 42.7. The number of nitrogens with zero attached hydrogens (tertiary/aromatic N) is 2. The summed E-state index contributed by atoms with van der Waals surface area (Å²) >= 11 is 6.01. The predicted octanol–water partition coefficient (Wildman–Crippen LogP) is 3.45. The number of anilines is 2. The van der Waals surface area contributed by atoms with Gasteiger partial charge in [0.25, 0.3) is 0 Å². The highest BCUT2D eigenvalue weighted by atomic mass is 79.9. The number of thiazole rings is 1. The van der Waals surface area contributed by atoms with Crippen molar-refractivity contribution in [1.29, 1.82) is 0 Å². The second kappa shape index (κ2) is 10.7. The summed E-state index contributed by atoms with van der Waals surface area (Å²) < 4.78 is 0.886. The normalized spacial score (nSPS) is 16.3. The SMILES string of the molecule is O=C(CSCC(=O)N1CCCC(C(=O)Nc2nccs2)C1)Nc1cccc(Br)c1. The molecule has 1 saturated heterocycles. The number of carbonyl (C=O) groups is 3. The van der Waals surface area contributed by atoms with Gasteiger partial charge in [0.1, 0.15) is 0 Å². The third kappa shape index (κ3) is 6.83. The highest BCUT2D eigenvalue weighted by Gasteiger charge is 2.28. The Bertz CT molecular complexity index is 863. The standard InChI is InChI=1S/C19H21BrN4O3S2/c20-14-4-1-5-15(9-14)22-16(25)11-28-12-17(26)24-7-2-3-13(10-24)18(27)23-19-21-6-8-29-19/h1,4-6,8-9,13H,2-3,7,10-12H2,(H,22,25)(H,21,23,27). The Morgan fingerprint density at radius 3 is 2.90 bits per heavy atom. The number of piperidine rings is 1. The van der Waals surface area contributed by atoms with Crippen molar-refractivity contribution in [1.82, 2.24) is 9.88 Å². The zero-order chi connectivity index (χ0) is 20.6. The molecule has 0 bridgehead atoms. The minimum atomic E-state index is -0.235. The third-order valence-electron chi connectivity index (χ3n) is 4.37. The maximum atomic E-state index is 12.5. The van der Waals surface area contributed by atoms with E-state index in [1.165, 1.54) is 23.1 Å². The van der Waals surface area contributed by atoms with Crippen molar-refractivity contribution in [2.24, 2.45) is 5.92 Å². The Hall–Kier alpha value is -1.91. The molecule has 0 saturated carbocycles. The third-order valence-corrected chi connectivity index (χ3v) is 6.47. The van der Waals surface area contributed by atoms with Gasteiger partial charge in [0, 0.05) is 34.8 Å². The minimum Gasteiger partial charge on any atom is -0.341 e. The van der Waals surface area contributed by atoms with Crippen LogP contribution in [0.25, 0.3) is 0 Å². The van der Waals surface area contributed by atoms with Crippen LogP contribution in [0.1, 0.15) is 12.8 Å². The molecule has 0 radical (unpaired) electrons. The number of hydrogen-bond donors (Lipinski definition) is 2. The first-order valence-electron chi connectivity index (χ1n) is 9.12. The van der Waals surface area contributed by atoms with Gasteiger partial charge in [0.2, 0.25) is 17.7 Å². The number of hydrogen-bond acceptors (Lipinski definition) is 6. The molecular formula is C19H21BrN4O3S2. The number of benzene rings is 1. The van der Waals surface area contributed by atoms with Crippen LogP contribution < -0.4 is 10.6 Å². The van der Waals surface area contributed by atoms with Crippen LogP contribution >= 0.6 is 39.0 Å². The largest absolute Gasteiger partial charge is 0.341 e. The van der Waals surface area contributed by atoms with Crippen molar-refractivity contribution in [2.45, 2.75) is 12.8 Å². The molecule has 154 valence electrons. The molecule has 3 amide bonds. The lowest BCUT2D eigenvalue weighted by Crippen LogP contribution is -2.44. The quantitative estimate of drug-likeness (QED) is 0.612. The van der Waals surface area contributed by atoms with Gasteiger partial charge >= 0.3 is 0 Å². The fraction of sp³-hybridized carbons (Fsp3) is 0.368. The Balaban J connectivity index is 1.40. The molecule has 1 aliphatic rings. The summed E-state index contributed by atoms with van der Waals surface area (Å²) in [6.45, 7) is 1.05. The number of amides is 3. The summed E-state index contributed by atoms with van der Waals surface area (Å²) in [5.74, 6) is -0.121. The van der Waals surface area contributed by atoms with E-state index in [-0.39, 0.29) is 35.1 Å². The Morgan fingerprint density at radius 2 is 2.14 bits per heavy atom. The highest BCUT2D eigenvalue weighted by molar-refractivity contribution is 9.10. The molecule has 1 unspecified atom stereocenters. The number of aromatic nitrogens is 1. The lowest BCUT2D eigenvalue weighted by molar-refractivity contribution is -0.132. The average Bonchev–Trinajstić information content (AvgIpc) is 3.21. The van der Waals surface area contributed by atoms with E-state index in [0.717, 1.165) is 17.3 Å². The number of carbonyl (C=O) groups excluding carboxylic acids is 3. The van der Waals surface area contributed by atoms with Crippen molar-refractivity contribution in [3.63, 3.8) is 0 Å². The van der Waals surface area contributed by atoms with Crippen molar-refractivity contribution in [3.05, 3.63) is 40.3 Å². The second-order valence-electron chi connectivity index (χ2n) is 6.56. The van der Waals surface area contributed by atoms with Gasteiger partial charge in [0.15, 0.2) is 5.13 Å². The van der Waals surface area contributed by atoms with Crippen LogP contribution in [0.4, 0.5) is 10.8 Å². The molecule has 1 fully saturated rings. The molecule has 2 N–H and O–H groups in total. The summed E-state index contributed by atoms with van der Waals surface area (Å²) in [7, 11) is 0. The molecule has 2 aromatic rings. The van der Waals surface area contributed by atoms with Crippen LogP contribution in [0.3, 0.4) is 0 Å². The smallest absolute Gasteiger partial charge is 0.234 e. The topological polar surface area (TPSA) is 91.4 Å². The first-order valence-corrected chi connectivity index (χ1v) is 12.0. The number of thioether (sulfide) groups is 1. The molecule has 3 rings (SSSR count). The number of rotatable bonds is 7. The zero-order valence-electron chi connectivity index (χ0n) is 15.6. The summed E-state index contributed by atoms with van der Waals surface area (Å²) in [5, 5.41) is 7.99. The van der Waals surface area contributed by atoms with Crippen molar-refractivity contribution < 1.29 is 14.4 Å². The highest BCUT2D eigenvalue weighted by Crippen LogP contribution is 2.21. The van der Waals surface area contributed by atoms with Crippen LogP contribution in [-0.2, 0) is 14.4 Å². The number of likely N-dealkylation sites (tertiary alicyclic amines) is 1. The second-order valence-corrected chi connectivity index (χ2v) is 9.35. The molecule has 29 heavy (non-hydrogen) atoms. The monoisotopic (exact) mass is 496 g/mol. The van der Waals surface area contributed by atoms with Gasteiger partial charge in [-0.1, -0.05) is 22.0 Å². The molecular weight excluding hydrogens is 476 g/mol. The van der Waals surface area contributed by atoms with E-state index in [4.69, 9.17) is 0 Å². The van der Waals surface area contributed by atoms with Crippen LogP contribution in [-0.4, -0.2) is 52.2 Å². The summed E-state index contributed by atoms with van der Waals surface area (Å²) in [5.41, 5.74) is 0.710. The molecule has 0 aliphatic carbocycles.